The average molecular weight is 267 g/mol. The van der Waals surface area contributed by atoms with Crippen molar-refractivity contribution in [3.05, 3.63) is 27.2 Å². The monoisotopic (exact) mass is 265 g/mol. The number of halogens is 1. The minimum absolute atomic E-state index is 0. The Morgan fingerprint density at radius 3 is 2.92 bits per heavy atom. The van der Waals surface area contributed by atoms with Crippen LogP contribution in [0.25, 0.3) is 10.2 Å². The predicted molar refractivity (Wildman–Crippen MR) is 52.0 cm³/mol. The number of thiazole rings is 1. The van der Waals surface area contributed by atoms with Crippen molar-refractivity contribution >= 4 is 45.4 Å². The molecule has 5 heteroatoms. The summed E-state index contributed by atoms with van der Waals surface area (Å²) in [6.07, 6.45) is 0. The Kier molecular flexibility index (Phi) is 3.41. The van der Waals surface area contributed by atoms with E-state index in [-0.39, 0.29) is 19.5 Å². The second kappa shape index (κ2) is 3.97. The van der Waals surface area contributed by atoms with Crippen molar-refractivity contribution in [1.29, 1.82) is 0 Å². The first-order chi connectivity index (χ1) is 5.25. The second-order valence-electron chi connectivity index (χ2n) is 2.16. The summed E-state index contributed by atoms with van der Waals surface area (Å²) in [5.74, 6) is 0. The summed E-state index contributed by atoms with van der Waals surface area (Å²) in [7, 11) is 0. The Morgan fingerprint density at radius 2 is 2.17 bits per heavy atom. The van der Waals surface area contributed by atoms with Crippen molar-refractivity contribution in [2.24, 2.45) is 0 Å². The molecule has 0 amide bonds. The normalized spacial score (nSPS) is 9.75. The zero-order valence-corrected chi connectivity index (χ0v) is 11.5. The fourth-order valence-corrected chi connectivity index (χ4v) is 2.31. The number of nitrogens with one attached hydrogen (secondary N) is 1. The molecule has 12 heavy (non-hydrogen) atoms. The smallest absolute Gasteiger partial charge is 0.159 e. The molecule has 1 nitrogen and oxygen atoms in total. The van der Waals surface area contributed by atoms with Crippen LogP contribution in [0, 0.1) is 3.95 Å². The second-order valence-corrected chi connectivity index (χ2v) is 4.31. The summed E-state index contributed by atoms with van der Waals surface area (Å²) < 4.78 is 1.91. The molecule has 58 valence electrons. The van der Waals surface area contributed by atoms with Gasteiger partial charge in [0.1, 0.15) is 0 Å². The van der Waals surface area contributed by atoms with Gasteiger partial charge in [0.25, 0.3) is 0 Å². The number of aromatic nitrogens is 1. The van der Waals surface area contributed by atoms with E-state index in [9.17, 15) is 0 Å². The standard InChI is InChI=1S/C7H4ClNS2.Zn/c8-4-1-2-5-6(3-4)11-7(10)9-5;/h1-3H,(H,9,10);. The maximum atomic E-state index is 5.79. The SMILES string of the molecule is S=c1[nH]c2ccc(Cl)cc2s1.[Zn]. The van der Waals surface area contributed by atoms with Crippen LogP contribution >= 0.6 is 35.2 Å². The number of aromatic amines is 1. The van der Waals surface area contributed by atoms with E-state index in [4.69, 9.17) is 23.8 Å². The van der Waals surface area contributed by atoms with E-state index in [2.05, 4.69) is 4.98 Å². The number of H-pyrrole nitrogens is 1. The van der Waals surface area contributed by atoms with Crippen LogP contribution in [-0.4, -0.2) is 4.98 Å². The molecule has 0 radical (unpaired) electrons. The Bertz CT molecular complexity index is 448. The summed E-state index contributed by atoms with van der Waals surface area (Å²) in [6.45, 7) is 0. The first-order valence-corrected chi connectivity index (χ1v) is 4.64. The molecule has 0 unspecified atom stereocenters. The molecular formula is C7H4ClNS2Zn. The van der Waals surface area contributed by atoms with Crippen molar-refractivity contribution in [3.8, 4) is 0 Å². The van der Waals surface area contributed by atoms with Crippen LogP contribution in [0.3, 0.4) is 0 Å². The van der Waals surface area contributed by atoms with Gasteiger partial charge in [0, 0.05) is 24.5 Å². The maximum absolute atomic E-state index is 5.79. The Morgan fingerprint density at radius 1 is 1.42 bits per heavy atom. The molecule has 1 N–H and O–H groups in total. The van der Waals surface area contributed by atoms with E-state index >= 15 is 0 Å². The van der Waals surface area contributed by atoms with E-state index in [1.54, 1.807) is 11.3 Å². The molecule has 0 fully saturated rings. The van der Waals surface area contributed by atoms with E-state index in [1.165, 1.54) is 0 Å². The van der Waals surface area contributed by atoms with Crippen LogP contribution in [0.2, 0.25) is 5.02 Å². The van der Waals surface area contributed by atoms with Crippen LogP contribution in [0.5, 0.6) is 0 Å². The largest absolute Gasteiger partial charge is 0.337 e. The Labute approximate surface area is 96.5 Å². The van der Waals surface area contributed by atoms with Gasteiger partial charge in [0.05, 0.1) is 10.2 Å². The first kappa shape index (κ1) is 10.3. The van der Waals surface area contributed by atoms with Gasteiger partial charge < -0.3 is 4.98 Å². The fourth-order valence-electron chi connectivity index (χ4n) is 0.919. The topological polar surface area (TPSA) is 15.8 Å². The quantitative estimate of drug-likeness (QED) is 0.569. The average Bonchev–Trinajstić information content (AvgIpc) is 2.27. The Balaban J connectivity index is 0.000000720. The van der Waals surface area contributed by atoms with Crippen molar-refractivity contribution < 1.29 is 19.5 Å². The number of rotatable bonds is 0. The van der Waals surface area contributed by atoms with Gasteiger partial charge in [-0.2, -0.15) is 0 Å². The summed E-state index contributed by atoms with van der Waals surface area (Å²) in [5.41, 5.74) is 1.06. The third-order valence-corrected chi connectivity index (χ3v) is 2.82. The van der Waals surface area contributed by atoms with Crippen LogP contribution in [0.15, 0.2) is 18.2 Å². The minimum Gasteiger partial charge on any atom is -0.337 e. The molecule has 1 heterocycles. The molecule has 0 saturated carbocycles. The molecule has 0 aliphatic heterocycles. The van der Waals surface area contributed by atoms with Gasteiger partial charge in [0.15, 0.2) is 3.95 Å². The van der Waals surface area contributed by atoms with Gasteiger partial charge in [-0.25, -0.2) is 0 Å². The van der Waals surface area contributed by atoms with Crippen molar-refractivity contribution in [2.45, 2.75) is 0 Å². The molecule has 2 rings (SSSR count). The molecule has 1 aromatic carbocycles. The summed E-state index contributed by atoms with van der Waals surface area (Å²) in [6, 6.07) is 5.69. The third kappa shape index (κ3) is 1.94. The van der Waals surface area contributed by atoms with Crippen LogP contribution in [-0.2, 0) is 19.5 Å². The molecule has 0 atom stereocenters. The number of hydrogen-bond acceptors (Lipinski definition) is 2. The third-order valence-electron chi connectivity index (χ3n) is 1.38. The van der Waals surface area contributed by atoms with Crippen molar-refractivity contribution in [1.82, 2.24) is 4.98 Å². The van der Waals surface area contributed by atoms with E-state index in [1.807, 2.05) is 18.2 Å². The maximum Gasteiger partial charge on any atom is 0.159 e. The van der Waals surface area contributed by atoms with Gasteiger partial charge in [-0.15, -0.1) is 11.3 Å². The molecular weight excluding hydrogens is 263 g/mol. The molecule has 0 aliphatic rings. The number of hydrogen-bond donors (Lipinski definition) is 1. The summed E-state index contributed by atoms with van der Waals surface area (Å²) in [5, 5.41) is 0.753. The van der Waals surface area contributed by atoms with Gasteiger partial charge >= 0.3 is 0 Å². The van der Waals surface area contributed by atoms with Gasteiger partial charge in [0.2, 0.25) is 0 Å². The van der Waals surface area contributed by atoms with Crippen LogP contribution < -0.4 is 0 Å². The molecule has 0 aliphatic carbocycles. The first-order valence-electron chi connectivity index (χ1n) is 3.04. The van der Waals surface area contributed by atoms with Gasteiger partial charge in [-0.05, 0) is 30.4 Å². The predicted octanol–water partition coefficient (Wildman–Crippen LogP) is 3.61. The molecule has 0 spiro atoms. The van der Waals surface area contributed by atoms with Crippen LogP contribution in [0.4, 0.5) is 0 Å². The zero-order chi connectivity index (χ0) is 7.84. The molecule has 0 bridgehead atoms. The summed E-state index contributed by atoms with van der Waals surface area (Å²) in [4.78, 5) is 3.06. The zero-order valence-electron chi connectivity index (χ0n) is 6.13. The van der Waals surface area contributed by atoms with E-state index in [0.29, 0.717) is 0 Å². The van der Waals surface area contributed by atoms with Gasteiger partial charge in [-0.1, -0.05) is 11.6 Å². The minimum atomic E-state index is 0. The van der Waals surface area contributed by atoms with Gasteiger partial charge in [-0.3, -0.25) is 0 Å². The number of fused-ring (bicyclic) bond motifs is 1. The molecule has 0 saturated heterocycles. The van der Waals surface area contributed by atoms with E-state index < -0.39 is 0 Å². The van der Waals surface area contributed by atoms with Crippen molar-refractivity contribution in [2.75, 3.05) is 0 Å². The van der Waals surface area contributed by atoms with Crippen LogP contribution in [0.1, 0.15) is 0 Å². The fraction of sp³-hybridized carbons (Fsp3) is 0. The van der Waals surface area contributed by atoms with E-state index in [0.717, 1.165) is 19.2 Å². The summed E-state index contributed by atoms with van der Waals surface area (Å²) >= 11 is 12.3. The number of benzene rings is 1. The van der Waals surface area contributed by atoms with Crippen molar-refractivity contribution in [3.63, 3.8) is 0 Å². The molecule has 2 aromatic rings. The Hall–Kier alpha value is 0.243. The molecule has 1 aromatic heterocycles.